The summed E-state index contributed by atoms with van der Waals surface area (Å²) in [6, 6.07) is 13.0. The molecule has 1 N–H and O–H groups in total. The maximum Gasteiger partial charge on any atom is 0.252 e. The molecule has 9 nitrogen and oxygen atoms in total. The summed E-state index contributed by atoms with van der Waals surface area (Å²) in [5.41, 5.74) is 0.579. The molecule has 3 aromatic rings. The van der Waals surface area contributed by atoms with E-state index in [0.717, 1.165) is 11.3 Å². The smallest absolute Gasteiger partial charge is 0.252 e. The van der Waals surface area contributed by atoms with Crippen LogP contribution in [0.1, 0.15) is 33.3 Å². The molecule has 1 aliphatic rings. The zero-order valence-corrected chi connectivity index (χ0v) is 24.4. The van der Waals surface area contributed by atoms with Gasteiger partial charge in [0.25, 0.3) is 10.0 Å². The molecule has 0 bridgehead atoms. The second kappa shape index (κ2) is 11.0. The van der Waals surface area contributed by atoms with E-state index in [1.165, 1.54) is 38.4 Å². The first kappa shape index (κ1) is 28.7. The largest absolute Gasteiger partial charge is 0.386 e. The van der Waals surface area contributed by atoms with Crippen molar-refractivity contribution < 1.29 is 21.9 Å². The molecular formula is C26H34N4O5S3. The predicted octanol–water partition coefficient (Wildman–Crippen LogP) is 3.35. The van der Waals surface area contributed by atoms with Crippen molar-refractivity contribution in [3.8, 4) is 0 Å². The van der Waals surface area contributed by atoms with Gasteiger partial charge in [-0.1, -0.05) is 18.2 Å². The second-order valence-electron chi connectivity index (χ2n) is 10.1. The lowest BCUT2D eigenvalue weighted by Gasteiger charge is -2.44. The van der Waals surface area contributed by atoms with Crippen LogP contribution in [0.25, 0.3) is 0 Å². The quantitative estimate of drug-likeness (QED) is 0.415. The van der Waals surface area contributed by atoms with Gasteiger partial charge in [-0.3, -0.25) is 4.98 Å². The van der Waals surface area contributed by atoms with Crippen molar-refractivity contribution in [1.82, 2.24) is 13.6 Å². The van der Waals surface area contributed by atoms with Gasteiger partial charge in [-0.25, -0.2) is 16.8 Å². The van der Waals surface area contributed by atoms with Crippen LogP contribution < -0.4 is 4.90 Å². The highest BCUT2D eigenvalue weighted by Crippen LogP contribution is 2.30. The Labute approximate surface area is 229 Å². The van der Waals surface area contributed by atoms with Crippen molar-refractivity contribution in [3.63, 3.8) is 0 Å². The molecule has 1 atom stereocenters. The molecule has 0 amide bonds. The Morgan fingerprint density at radius 2 is 1.79 bits per heavy atom. The third kappa shape index (κ3) is 5.95. The van der Waals surface area contributed by atoms with E-state index >= 15 is 0 Å². The Morgan fingerprint density at radius 1 is 1.08 bits per heavy atom. The van der Waals surface area contributed by atoms with E-state index < -0.39 is 31.7 Å². The first-order valence-electron chi connectivity index (χ1n) is 12.4. The number of sulfonamides is 2. The lowest BCUT2D eigenvalue weighted by molar-refractivity contribution is 0.0786. The number of thiophene rings is 1. The van der Waals surface area contributed by atoms with Crippen LogP contribution in [0.2, 0.25) is 0 Å². The Balaban J connectivity index is 1.70. The summed E-state index contributed by atoms with van der Waals surface area (Å²) < 4.78 is 57.1. The van der Waals surface area contributed by atoms with Gasteiger partial charge < -0.3 is 10.0 Å². The van der Waals surface area contributed by atoms with Crippen LogP contribution in [-0.4, -0.2) is 73.8 Å². The summed E-state index contributed by atoms with van der Waals surface area (Å²) in [6.45, 7) is 7.89. The molecule has 3 heterocycles. The normalized spacial score (nSPS) is 17.9. The van der Waals surface area contributed by atoms with Crippen molar-refractivity contribution in [1.29, 1.82) is 0 Å². The fraction of sp³-hybridized carbons (Fsp3) is 0.423. The summed E-state index contributed by atoms with van der Waals surface area (Å²) in [6.07, 6.45) is 2.85. The Bertz CT molecular complexity index is 1420. The van der Waals surface area contributed by atoms with Crippen molar-refractivity contribution >= 4 is 37.1 Å². The monoisotopic (exact) mass is 578 g/mol. The molecule has 206 valence electrons. The first-order chi connectivity index (χ1) is 17.8. The lowest BCUT2D eigenvalue weighted by Crippen LogP contribution is -2.59. The summed E-state index contributed by atoms with van der Waals surface area (Å²) >= 11 is 1.17. The van der Waals surface area contributed by atoms with Crippen molar-refractivity contribution in [3.05, 3.63) is 71.9 Å². The molecule has 4 rings (SSSR count). The Morgan fingerprint density at radius 3 is 2.34 bits per heavy atom. The Kier molecular flexibility index (Phi) is 8.31. The molecule has 1 aromatic carbocycles. The number of piperazine rings is 1. The van der Waals surface area contributed by atoms with E-state index in [2.05, 4.69) is 9.88 Å². The standard InChI is InChI=1S/C26H34N4O5S3/c1-20(2)30(37(32,33)24-7-5-13-27-17-24)19-23-18-28(38(34,35)25-8-6-16-36-25)14-15-29(23)22-11-9-21(10-12-22)26(3,4)31/h5-13,16-17,20,23,31H,14-15,18-19H2,1-4H3/t23-/m1/s1. The molecule has 1 saturated heterocycles. The lowest BCUT2D eigenvalue weighted by atomic mass is 9.98. The average Bonchev–Trinajstić information content (AvgIpc) is 3.43. The molecule has 1 aliphatic heterocycles. The van der Waals surface area contributed by atoms with Gasteiger partial charge in [-0.15, -0.1) is 11.3 Å². The molecule has 1 fully saturated rings. The van der Waals surface area contributed by atoms with Crippen molar-refractivity contribution in [2.45, 2.75) is 54.5 Å². The van der Waals surface area contributed by atoms with Crippen LogP contribution in [-0.2, 0) is 25.6 Å². The molecule has 0 aliphatic carbocycles. The van der Waals surface area contributed by atoms with Crippen LogP contribution in [0, 0.1) is 0 Å². The van der Waals surface area contributed by atoms with Crippen LogP contribution in [0.15, 0.2) is 75.4 Å². The summed E-state index contributed by atoms with van der Waals surface area (Å²) in [7, 11) is -7.60. The highest BCUT2D eigenvalue weighted by atomic mass is 32.2. The van der Waals surface area contributed by atoms with Gasteiger partial charge in [-0.2, -0.15) is 8.61 Å². The maximum atomic E-state index is 13.6. The fourth-order valence-electron chi connectivity index (χ4n) is 4.57. The van der Waals surface area contributed by atoms with E-state index in [9.17, 15) is 21.9 Å². The third-order valence-electron chi connectivity index (χ3n) is 6.65. The van der Waals surface area contributed by atoms with Crippen LogP contribution in [0.5, 0.6) is 0 Å². The van der Waals surface area contributed by atoms with Gasteiger partial charge >= 0.3 is 0 Å². The van der Waals surface area contributed by atoms with E-state index in [1.807, 2.05) is 24.3 Å². The number of pyridine rings is 1. The molecule has 0 saturated carbocycles. The number of nitrogens with zero attached hydrogens (tertiary/aromatic N) is 4. The molecular weight excluding hydrogens is 545 g/mol. The van der Waals surface area contributed by atoms with Gasteiger partial charge in [0.05, 0.1) is 11.6 Å². The highest BCUT2D eigenvalue weighted by Gasteiger charge is 2.38. The maximum absolute atomic E-state index is 13.6. The zero-order chi connectivity index (χ0) is 27.7. The topological polar surface area (TPSA) is 111 Å². The number of aliphatic hydroxyl groups is 1. The molecule has 12 heteroatoms. The number of hydrogen-bond donors (Lipinski definition) is 1. The molecule has 0 radical (unpaired) electrons. The minimum absolute atomic E-state index is 0.0819. The average molecular weight is 579 g/mol. The minimum Gasteiger partial charge on any atom is -0.386 e. The predicted molar refractivity (Wildman–Crippen MR) is 149 cm³/mol. The van der Waals surface area contributed by atoms with Gasteiger partial charge in [0, 0.05) is 50.3 Å². The van der Waals surface area contributed by atoms with Gasteiger partial charge in [0.1, 0.15) is 9.10 Å². The highest BCUT2D eigenvalue weighted by molar-refractivity contribution is 7.91. The summed E-state index contributed by atoms with van der Waals surface area (Å²) in [4.78, 5) is 6.13. The van der Waals surface area contributed by atoms with Gasteiger partial charge in [-0.05, 0) is 69.0 Å². The fourth-order valence-corrected chi connectivity index (χ4v) is 8.82. The van der Waals surface area contributed by atoms with Gasteiger partial charge in [0.2, 0.25) is 10.0 Å². The van der Waals surface area contributed by atoms with Crippen LogP contribution >= 0.6 is 11.3 Å². The molecule has 38 heavy (non-hydrogen) atoms. The van der Waals surface area contributed by atoms with E-state index in [-0.39, 0.29) is 34.8 Å². The van der Waals surface area contributed by atoms with Crippen molar-refractivity contribution in [2.75, 3.05) is 31.1 Å². The van der Waals surface area contributed by atoms with E-state index in [4.69, 9.17) is 0 Å². The number of anilines is 1. The summed E-state index contributed by atoms with van der Waals surface area (Å²) in [5.74, 6) is 0. The van der Waals surface area contributed by atoms with E-state index in [0.29, 0.717) is 6.54 Å². The van der Waals surface area contributed by atoms with Crippen LogP contribution in [0.3, 0.4) is 0 Å². The zero-order valence-electron chi connectivity index (χ0n) is 21.9. The van der Waals surface area contributed by atoms with Crippen molar-refractivity contribution in [2.24, 2.45) is 0 Å². The first-order valence-corrected chi connectivity index (χ1v) is 16.1. The molecule has 2 aromatic heterocycles. The SMILES string of the molecule is CC(C)N(C[C@H]1CN(S(=O)(=O)c2cccs2)CCN1c1ccc(C(C)(C)O)cc1)S(=O)(=O)c1cccnc1. The van der Waals surface area contributed by atoms with Gasteiger partial charge in [0.15, 0.2) is 0 Å². The third-order valence-corrected chi connectivity index (χ3v) is 11.9. The molecule has 0 spiro atoms. The minimum atomic E-state index is -3.88. The number of benzene rings is 1. The second-order valence-corrected chi connectivity index (χ2v) is 15.1. The summed E-state index contributed by atoms with van der Waals surface area (Å²) in [5, 5.41) is 12.1. The number of hydrogen-bond acceptors (Lipinski definition) is 8. The number of rotatable bonds is 9. The molecule has 0 unspecified atom stereocenters. The Hall–Kier alpha value is -2.35. The van der Waals surface area contributed by atoms with Crippen LogP contribution in [0.4, 0.5) is 5.69 Å². The van der Waals surface area contributed by atoms with E-state index in [1.54, 1.807) is 51.3 Å². The number of aromatic nitrogens is 1.